The molecule has 2 rings (SSSR count). The first kappa shape index (κ1) is 15.7. The molecule has 1 aromatic carbocycles. The molecule has 0 bridgehead atoms. The lowest BCUT2D eigenvalue weighted by atomic mass is 10.0. The molecule has 0 spiro atoms. The number of hydrazine groups is 1. The van der Waals surface area contributed by atoms with Crippen molar-refractivity contribution < 1.29 is 4.74 Å². The SMILES string of the molecule is CCCn1ccnc1C(NN)C(OCC)c1ccccc1. The highest BCUT2D eigenvalue weighted by Crippen LogP contribution is 2.30. The number of aryl methyl sites for hydroxylation is 1. The number of hydrogen-bond acceptors (Lipinski definition) is 4. The quantitative estimate of drug-likeness (QED) is 0.579. The maximum Gasteiger partial charge on any atom is 0.130 e. The predicted octanol–water partition coefficient (Wildman–Crippen LogP) is 2.58. The van der Waals surface area contributed by atoms with Crippen molar-refractivity contribution in [1.82, 2.24) is 15.0 Å². The molecule has 0 aliphatic heterocycles. The minimum atomic E-state index is -0.186. The van der Waals surface area contributed by atoms with Crippen LogP contribution in [-0.2, 0) is 11.3 Å². The van der Waals surface area contributed by atoms with E-state index in [1.54, 1.807) is 0 Å². The summed E-state index contributed by atoms with van der Waals surface area (Å²) < 4.78 is 8.07. The zero-order valence-corrected chi connectivity index (χ0v) is 12.7. The number of ether oxygens (including phenoxy) is 1. The fourth-order valence-electron chi connectivity index (χ4n) is 2.53. The number of nitrogens with one attached hydrogen (secondary N) is 1. The highest BCUT2D eigenvalue weighted by atomic mass is 16.5. The molecule has 21 heavy (non-hydrogen) atoms. The topological polar surface area (TPSA) is 65.1 Å². The molecule has 114 valence electrons. The smallest absolute Gasteiger partial charge is 0.130 e. The predicted molar refractivity (Wildman–Crippen MR) is 83.4 cm³/mol. The summed E-state index contributed by atoms with van der Waals surface area (Å²) in [5, 5.41) is 0. The molecule has 0 radical (unpaired) electrons. The third-order valence-corrected chi connectivity index (χ3v) is 3.45. The number of aromatic nitrogens is 2. The maximum atomic E-state index is 5.94. The van der Waals surface area contributed by atoms with Gasteiger partial charge in [-0.15, -0.1) is 0 Å². The summed E-state index contributed by atoms with van der Waals surface area (Å²) in [5.74, 6) is 6.72. The van der Waals surface area contributed by atoms with E-state index in [-0.39, 0.29) is 12.1 Å². The Hall–Kier alpha value is -1.69. The van der Waals surface area contributed by atoms with E-state index < -0.39 is 0 Å². The van der Waals surface area contributed by atoms with E-state index >= 15 is 0 Å². The summed E-state index contributed by atoms with van der Waals surface area (Å²) in [6.07, 6.45) is 4.67. The molecule has 3 N–H and O–H groups in total. The third-order valence-electron chi connectivity index (χ3n) is 3.45. The summed E-state index contributed by atoms with van der Waals surface area (Å²) in [6.45, 7) is 5.67. The molecule has 1 aromatic heterocycles. The van der Waals surface area contributed by atoms with Crippen molar-refractivity contribution in [3.8, 4) is 0 Å². The molecule has 2 atom stereocenters. The second-order valence-corrected chi connectivity index (χ2v) is 4.91. The van der Waals surface area contributed by atoms with Crippen molar-refractivity contribution in [3.05, 3.63) is 54.1 Å². The number of imidazole rings is 1. The molecule has 1 heterocycles. The van der Waals surface area contributed by atoms with Crippen molar-refractivity contribution in [3.63, 3.8) is 0 Å². The van der Waals surface area contributed by atoms with E-state index in [1.165, 1.54) is 0 Å². The van der Waals surface area contributed by atoms with Gasteiger partial charge in [-0.25, -0.2) is 10.4 Å². The monoisotopic (exact) mass is 288 g/mol. The van der Waals surface area contributed by atoms with Gasteiger partial charge in [0.2, 0.25) is 0 Å². The number of hydrogen-bond donors (Lipinski definition) is 2. The van der Waals surface area contributed by atoms with Gasteiger partial charge in [-0.1, -0.05) is 37.3 Å². The van der Waals surface area contributed by atoms with Gasteiger partial charge in [-0.3, -0.25) is 5.84 Å². The van der Waals surface area contributed by atoms with E-state index in [4.69, 9.17) is 10.6 Å². The van der Waals surface area contributed by atoms with Crippen molar-refractivity contribution in [1.29, 1.82) is 0 Å². The maximum absolute atomic E-state index is 5.94. The summed E-state index contributed by atoms with van der Waals surface area (Å²) in [4.78, 5) is 4.48. The lowest BCUT2D eigenvalue weighted by Gasteiger charge is -2.27. The Morgan fingerprint density at radius 3 is 2.67 bits per heavy atom. The fourth-order valence-corrected chi connectivity index (χ4v) is 2.53. The van der Waals surface area contributed by atoms with Crippen molar-refractivity contribution in [2.24, 2.45) is 5.84 Å². The summed E-state index contributed by atoms with van der Waals surface area (Å²) in [6, 6.07) is 9.93. The van der Waals surface area contributed by atoms with Crippen LogP contribution in [0.3, 0.4) is 0 Å². The highest BCUT2D eigenvalue weighted by Gasteiger charge is 2.27. The van der Waals surface area contributed by atoms with Gasteiger partial charge in [0.05, 0.1) is 0 Å². The van der Waals surface area contributed by atoms with Gasteiger partial charge in [0.25, 0.3) is 0 Å². The van der Waals surface area contributed by atoms with Crippen molar-refractivity contribution >= 4 is 0 Å². The van der Waals surface area contributed by atoms with Gasteiger partial charge in [0.15, 0.2) is 0 Å². The van der Waals surface area contributed by atoms with Crippen LogP contribution in [0.25, 0.3) is 0 Å². The first-order valence-corrected chi connectivity index (χ1v) is 7.45. The van der Waals surface area contributed by atoms with Crippen LogP contribution in [0.1, 0.15) is 43.8 Å². The molecule has 0 saturated carbocycles. The fraction of sp³-hybridized carbons (Fsp3) is 0.438. The minimum absolute atomic E-state index is 0.167. The van der Waals surface area contributed by atoms with E-state index in [9.17, 15) is 0 Å². The molecule has 0 saturated heterocycles. The standard InChI is InChI=1S/C16H24N4O/c1-3-11-20-12-10-18-16(20)14(19-17)15(21-4-2)13-8-6-5-7-9-13/h5-10,12,14-15,19H,3-4,11,17H2,1-2H3. The second-order valence-electron chi connectivity index (χ2n) is 4.91. The lowest BCUT2D eigenvalue weighted by molar-refractivity contribution is 0.0294. The summed E-state index contributed by atoms with van der Waals surface area (Å²) in [7, 11) is 0. The number of benzene rings is 1. The van der Waals surface area contributed by atoms with Crippen molar-refractivity contribution in [2.45, 2.75) is 39.0 Å². The molecule has 0 aliphatic carbocycles. The Labute approximate surface area is 126 Å². The first-order chi connectivity index (χ1) is 10.3. The largest absolute Gasteiger partial charge is 0.372 e. The Balaban J connectivity index is 2.33. The molecular weight excluding hydrogens is 264 g/mol. The Morgan fingerprint density at radius 2 is 2.05 bits per heavy atom. The lowest BCUT2D eigenvalue weighted by Crippen LogP contribution is -2.35. The highest BCUT2D eigenvalue weighted by molar-refractivity contribution is 5.21. The summed E-state index contributed by atoms with van der Waals surface area (Å²) in [5.41, 5.74) is 3.97. The average Bonchev–Trinajstić information content (AvgIpc) is 2.97. The van der Waals surface area contributed by atoms with Crippen LogP contribution in [0.15, 0.2) is 42.7 Å². The molecule has 0 aliphatic rings. The normalized spacial score (nSPS) is 14.0. The minimum Gasteiger partial charge on any atom is -0.372 e. The molecule has 2 unspecified atom stereocenters. The molecule has 0 fully saturated rings. The van der Waals surface area contributed by atoms with Crippen LogP contribution in [0.2, 0.25) is 0 Å². The van der Waals surface area contributed by atoms with Gasteiger partial charge in [-0.2, -0.15) is 0 Å². The zero-order chi connectivity index (χ0) is 15.1. The molecule has 5 heteroatoms. The van der Waals surface area contributed by atoms with Gasteiger partial charge < -0.3 is 9.30 Å². The van der Waals surface area contributed by atoms with E-state index in [0.717, 1.165) is 24.4 Å². The molecular formula is C16H24N4O. The third kappa shape index (κ3) is 3.69. The van der Waals surface area contributed by atoms with Gasteiger partial charge in [0, 0.05) is 25.5 Å². The Morgan fingerprint density at radius 1 is 1.29 bits per heavy atom. The molecule has 2 aromatic rings. The Bertz CT molecular complexity index is 526. The van der Waals surface area contributed by atoms with Gasteiger partial charge in [-0.05, 0) is 18.9 Å². The van der Waals surface area contributed by atoms with E-state index in [2.05, 4.69) is 34.0 Å². The summed E-state index contributed by atoms with van der Waals surface area (Å²) >= 11 is 0. The van der Waals surface area contributed by atoms with Crippen LogP contribution in [0, 0.1) is 0 Å². The van der Waals surface area contributed by atoms with Crippen LogP contribution < -0.4 is 11.3 Å². The van der Waals surface area contributed by atoms with Gasteiger partial charge >= 0.3 is 0 Å². The second kappa shape index (κ2) is 7.93. The molecule has 0 amide bonds. The van der Waals surface area contributed by atoms with Crippen molar-refractivity contribution in [2.75, 3.05) is 6.61 Å². The molecule has 5 nitrogen and oxygen atoms in total. The zero-order valence-electron chi connectivity index (χ0n) is 12.7. The number of nitrogens with two attached hydrogens (primary N) is 1. The van der Waals surface area contributed by atoms with E-state index in [1.807, 2.05) is 37.5 Å². The van der Waals surface area contributed by atoms with Crippen LogP contribution >= 0.6 is 0 Å². The van der Waals surface area contributed by atoms with Crippen LogP contribution in [-0.4, -0.2) is 16.2 Å². The Kier molecular flexibility index (Phi) is 5.92. The van der Waals surface area contributed by atoms with Crippen LogP contribution in [0.4, 0.5) is 0 Å². The number of nitrogens with zero attached hydrogens (tertiary/aromatic N) is 2. The van der Waals surface area contributed by atoms with Crippen LogP contribution in [0.5, 0.6) is 0 Å². The van der Waals surface area contributed by atoms with Gasteiger partial charge in [0.1, 0.15) is 18.0 Å². The van der Waals surface area contributed by atoms with E-state index in [0.29, 0.717) is 6.61 Å². The average molecular weight is 288 g/mol. The number of rotatable bonds is 8. The first-order valence-electron chi connectivity index (χ1n) is 7.45.